The molecule has 0 aromatic heterocycles. The van der Waals surface area contributed by atoms with Gasteiger partial charge in [-0.25, -0.2) is 0 Å². The molecule has 0 saturated heterocycles. The minimum atomic E-state index is 0.000253. The SMILES string of the molecule is O=C(NCC1CC2CCC1C2)c1ccc(Br)cc1S. The molecule has 2 fully saturated rings. The molecule has 1 aromatic carbocycles. The van der Waals surface area contributed by atoms with Crippen LogP contribution in [0.5, 0.6) is 0 Å². The van der Waals surface area contributed by atoms with Crippen molar-refractivity contribution < 1.29 is 4.79 Å². The molecule has 1 N–H and O–H groups in total. The molecule has 0 radical (unpaired) electrons. The van der Waals surface area contributed by atoms with Crippen LogP contribution in [0.4, 0.5) is 0 Å². The Kier molecular flexibility index (Phi) is 3.90. The van der Waals surface area contributed by atoms with Gasteiger partial charge in [0, 0.05) is 15.9 Å². The molecule has 2 nitrogen and oxygen atoms in total. The topological polar surface area (TPSA) is 29.1 Å². The van der Waals surface area contributed by atoms with Crippen LogP contribution < -0.4 is 5.32 Å². The lowest BCUT2D eigenvalue weighted by Crippen LogP contribution is -2.31. The van der Waals surface area contributed by atoms with Gasteiger partial charge in [0.25, 0.3) is 5.91 Å². The molecule has 2 saturated carbocycles. The third kappa shape index (κ3) is 2.84. The Hall–Kier alpha value is -0.480. The molecule has 1 amide bonds. The number of rotatable bonds is 3. The molecule has 3 atom stereocenters. The first-order chi connectivity index (χ1) is 9.13. The number of carbonyl (C=O) groups excluding carboxylic acids is 1. The normalized spacial score (nSPS) is 28.6. The molecular formula is C15H18BrNOS. The minimum Gasteiger partial charge on any atom is -0.352 e. The molecule has 1 aromatic rings. The van der Waals surface area contributed by atoms with Crippen LogP contribution in [0, 0.1) is 17.8 Å². The second kappa shape index (κ2) is 5.49. The highest BCUT2D eigenvalue weighted by Gasteiger charge is 2.39. The second-order valence-electron chi connectivity index (χ2n) is 5.81. The van der Waals surface area contributed by atoms with Crippen molar-refractivity contribution in [2.24, 2.45) is 17.8 Å². The van der Waals surface area contributed by atoms with Gasteiger partial charge >= 0.3 is 0 Å². The van der Waals surface area contributed by atoms with E-state index in [2.05, 4.69) is 33.9 Å². The van der Waals surface area contributed by atoms with Gasteiger partial charge in [-0.2, -0.15) is 0 Å². The van der Waals surface area contributed by atoms with Crippen molar-refractivity contribution in [2.45, 2.75) is 30.6 Å². The largest absolute Gasteiger partial charge is 0.352 e. The number of thiol groups is 1. The Labute approximate surface area is 127 Å². The highest BCUT2D eigenvalue weighted by molar-refractivity contribution is 9.10. The average Bonchev–Trinajstić information content (AvgIpc) is 2.98. The first-order valence-electron chi connectivity index (χ1n) is 6.90. The van der Waals surface area contributed by atoms with E-state index in [1.807, 2.05) is 18.2 Å². The quantitative estimate of drug-likeness (QED) is 0.803. The van der Waals surface area contributed by atoms with Crippen LogP contribution in [0.25, 0.3) is 0 Å². The van der Waals surface area contributed by atoms with Gasteiger partial charge in [-0.05, 0) is 55.2 Å². The smallest absolute Gasteiger partial charge is 0.252 e. The van der Waals surface area contributed by atoms with E-state index in [-0.39, 0.29) is 5.91 Å². The molecule has 2 aliphatic carbocycles. The molecule has 0 spiro atoms. The van der Waals surface area contributed by atoms with Crippen molar-refractivity contribution >= 4 is 34.5 Å². The molecule has 102 valence electrons. The fourth-order valence-electron chi connectivity index (χ4n) is 3.64. The van der Waals surface area contributed by atoms with E-state index >= 15 is 0 Å². The summed E-state index contributed by atoms with van der Waals surface area (Å²) < 4.78 is 0.946. The molecule has 0 heterocycles. The Morgan fingerprint density at radius 2 is 2.21 bits per heavy atom. The molecule has 0 aliphatic heterocycles. The minimum absolute atomic E-state index is 0.000253. The number of hydrogen-bond acceptors (Lipinski definition) is 2. The van der Waals surface area contributed by atoms with Crippen molar-refractivity contribution in [3.63, 3.8) is 0 Å². The van der Waals surface area contributed by atoms with E-state index in [9.17, 15) is 4.79 Å². The zero-order valence-corrected chi connectivity index (χ0v) is 13.2. The monoisotopic (exact) mass is 339 g/mol. The van der Waals surface area contributed by atoms with Crippen molar-refractivity contribution in [3.05, 3.63) is 28.2 Å². The number of nitrogens with one attached hydrogen (secondary N) is 1. The number of amides is 1. The number of carbonyl (C=O) groups is 1. The van der Waals surface area contributed by atoms with Gasteiger partial charge in [0.05, 0.1) is 5.56 Å². The van der Waals surface area contributed by atoms with Crippen molar-refractivity contribution in [1.29, 1.82) is 0 Å². The first-order valence-corrected chi connectivity index (χ1v) is 8.14. The highest BCUT2D eigenvalue weighted by atomic mass is 79.9. The van der Waals surface area contributed by atoms with Gasteiger partial charge in [-0.1, -0.05) is 22.4 Å². The zero-order chi connectivity index (χ0) is 13.4. The van der Waals surface area contributed by atoms with Crippen LogP contribution in [-0.2, 0) is 0 Å². The molecule has 2 bridgehead atoms. The number of halogens is 1. The van der Waals surface area contributed by atoms with Crippen LogP contribution in [0.1, 0.15) is 36.0 Å². The predicted molar refractivity (Wildman–Crippen MR) is 82.7 cm³/mol. The molecular weight excluding hydrogens is 322 g/mol. The van der Waals surface area contributed by atoms with E-state index in [0.717, 1.165) is 27.7 Å². The predicted octanol–water partition coefficient (Wildman–Crippen LogP) is 3.90. The molecule has 3 rings (SSSR count). The van der Waals surface area contributed by atoms with E-state index in [1.54, 1.807) is 0 Å². The Bertz CT molecular complexity index is 505. The number of fused-ring (bicyclic) bond motifs is 2. The van der Waals surface area contributed by atoms with Gasteiger partial charge in [0.1, 0.15) is 0 Å². The molecule has 4 heteroatoms. The third-order valence-corrected chi connectivity index (χ3v) is 5.48. The van der Waals surface area contributed by atoms with Crippen LogP contribution >= 0.6 is 28.6 Å². The summed E-state index contributed by atoms with van der Waals surface area (Å²) in [5.74, 6) is 2.48. The number of hydrogen-bond donors (Lipinski definition) is 2. The Balaban J connectivity index is 1.59. The summed E-state index contributed by atoms with van der Waals surface area (Å²) >= 11 is 7.74. The summed E-state index contributed by atoms with van der Waals surface area (Å²) in [7, 11) is 0. The molecule has 3 unspecified atom stereocenters. The fourth-order valence-corrected chi connectivity index (χ4v) is 4.50. The fraction of sp³-hybridized carbons (Fsp3) is 0.533. The summed E-state index contributed by atoms with van der Waals surface area (Å²) in [4.78, 5) is 12.9. The van der Waals surface area contributed by atoms with E-state index in [1.165, 1.54) is 25.7 Å². The average molecular weight is 340 g/mol. The van der Waals surface area contributed by atoms with E-state index in [0.29, 0.717) is 11.5 Å². The van der Waals surface area contributed by atoms with Crippen LogP contribution in [0.3, 0.4) is 0 Å². The van der Waals surface area contributed by atoms with Gasteiger partial charge in [-0.15, -0.1) is 12.6 Å². The van der Waals surface area contributed by atoms with Crippen LogP contribution in [0.2, 0.25) is 0 Å². The second-order valence-corrected chi connectivity index (χ2v) is 7.20. The molecule has 2 aliphatic rings. The van der Waals surface area contributed by atoms with Crippen LogP contribution in [0.15, 0.2) is 27.6 Å². The van der Waals surface area contributed by atoms with Crippen molar-refractivity contribution in [1.82, 2.24) is 5.32 Å². The summed E-state index contributed by atoms with van der Waals surface area (Å²) in [6, 6.07) is 5.56. The third-order valence-electron chi connectivity index (χ3n) is 4.61. The summed E-state index contributed by atoms with van der Waals surface area (Å²) in [5, 5.41) is 3.08. The van der Waals surface area contributed by atoms with Crippen LogP contribution in [-0.4, -0.2) is 12.5 Å². The lowest BCUT2D eigenvalue weighted by molar-refractivity contribution is 0.0939. The highest BCUT2D eigenvalue weighted by Crippen LogP contribution is 2.47. The van der Waals surface area contributed by atoms with Crippen molar-refractivity contribution in [2.75, 3.05) is 6.54 Å². The standard InChI is InChI=1S/C15H18BrNOS/c16-12-3-4-13(14(19)7-12)15(18)17-8-11-6-9-1-2-10(11)5-9/h3-4,7,9-11,19H,1-2,5-6,8H2,(H,17,18). The van der Waals surface area contributed by atoms with E-state index in [4.69, 9.17) is 0 Å². The maximum Gasteiger partial charge on any atom is 0.252 e. The van der Waals surface area contributed by atoms with Gasteiger partial charge in [0.15, 0.2) is 0 Å². The van der Waals surface area contributed by atoms with Gasteiger partial charge in [0.2, 0.25) is 0 Å². The maximum absolute atomic E-state index is 12.2. The summed E-state index contributed by atoms with van der Waals surface area (Å²) in [5.41, 5.74) is 0.662. The number of benzene rings is 1. The lowest BCUT2D eigenvalue weighted by Gasteiger charge is -2.22. The Morgan fingerprint density at radius 3 is 2.84 bits per heavy atom. The summed E-state index contributed by atoms with van der Waals surface area (Å²) in [6.45, 7) is 0.823. The van der Waals surface area contributed by atoms with E-state index < -0.39 is 0 Å². The zero-order valence-electron chi connectivity index (χ0n) is 10.7. The summed E-state index contributed by atoms with van der Waals surface area (Å²) in [6.07, 6.45) is 5.46. The van der Waals surface area contributed by atoms with Crippen molar-refractivity contribution in [3.8, 4) is 0 Å². The van der Waals surface area contributed by atoms with Gasteiger partial charge in [-0.3, -0.25) is 4.79 Å². The first kappa shape index (κ1) is 13.5. The maximum atomic E-state index is 12.2. The molecule has 19 heavy (non-hydrogen) atoms. The lowest BCUT2D eigenvalue weighted by atomic mass is 9.89. The Morgan fingerprint density at radius 1 is 1.37 bits per heavy atom. The van der Waals surface area contributed by atoms with Gasteiger partial charge < -0.3 is 5.32 Å².